The molecule has 0 aliphatic rings. The minimum Gasteiger partial charge on any atom is -0.346 e. The van der Waals surface area contributed by atoms with Gasteiger partial charge in [0.2, 0.25) is 11.8 Å². The molecule has 0 bridgehead atoms. The number of benzene rings is 2. The Balaban J connectivity index is 1.87. The number of nitrogens with one attached hydrogen (secondary N) is 2. The summed E-state index contributed by atoms with van der Waals surface area (Å²) in [6.07, 6.45) is 0. The third kappa shape index (κ3) is 5.96. The lowest BCUT2D eigenvalue weighted by atomic mass is 10.1. The quantitative estimate of drug-likeness (QED) is 0.704. The van der Waals surface area contributed by atoms with E-state index in [2.05, 4.69) is 10.6 Å². The van der Waals surface area contributed by atoms with Crippen LogP contribution < -0.4 is 10.6 Å². The first-order valence-electron chi connectivity index (χ1n) is 8.97. The molecule has 0 fully saturated rings. The number of carbonyl (C=O) groups excluding carboxylic acids is 2. The molecule has 2 rings (SSSR count). The molecule has 150 valence electrons. The van der Waals surface area contributed by atoms with Gasteiger partial charge >= 0.3 is 0 Å². The number of likely N-dealkylation sites (N-methyl/N-ethyl adjacent to an activating group) is 1. The molecular formula is C21H25Cl2N3O2. The van der Waals surface area contributed by atoms with E-state index in [1.165, 1.54) is 0 Å². The number of para-hydroxylation sites is 1. The van der Waals surface area contributed by atoms with Crippen LogP contribution in [-0.2, 0) is 16.1 Å². The molecule has 2 amide bonds. The second-order valence-electron chi connectivity index (χ2n) is 6.87. The first-order valence-corrected chi connectivity index (χ1v) is 9.72. The fraction of sp³-hybridized carbons (Fsp3) is 0.333. The van der Waals surface area contributed by atoms with E-state index in [0.29, 0.717) is 16.6 Å². The smallest absolute Gasteiger partial charge is 0.243 e. The maximum atomic E-state index is 12.4. The summed E-state index contributed by atoms with van der Waals surface area (Å²) in [6, 6.07) is 10.8. The molecule has 0 radical (unpaired) electrons. The average molecular weight is 422 g/mol. The fourth-order valence-corrected chi connectivity index (χ4v) is 3.09. The zero-order valence-corrected chi connectivity index (χ0v) is 18.0. The molecular weight excluding hydrogens is 397 g/mol. The summed E-state index contributed by atoms with van der Waals surface area (Å²) >= 11 is 12.0. The normalized spacial score (nSPS) is 12.0. The molecule has 0 aliphatic heterocycles. The first kappa shape index (κ1) is 22.2. The van der Waals surface area contributed by atoms with Gasteiger partial charge in [-0.2, -0.15) is 0 Å². The van der Waals surface area contributed by atoms with Crippen LogP contribution in [0.2, 0.25) is 10.0 Å². The topological polar surface area (TPSA) is 61.4 Å². The Labute approximate surface area is 176 Å². The Morgan fingerprint density at radius 3 is 2.32 bits per heavy atom. The van der Waals surface area contributed by atoms with Gasteiger partial charge in [-0.3, -0.25) is 14.5 Å². The lowest BCUT2D eigenvalue weighted by Gasteiger charge is -2.24. The number of rotatable bonds is 7. The summed E-state index contributed by atoms with van der Waals surface area (Å²) in [5.74, 6) is -0.482. The van der Waals surface area contributed by atoms with E-state index in [1.54, 1.807) is 19.1 Å². The molecule has 0 aromatic heterocycles. The van der Waals surface area contributed by atoms with Crippen LogP contribution in [0, 0.1) is 13.8 Å². The summed E-state index contributed by atoms with van der Waals surface area (Å²) in [5.41, 5.74) is 3.69. The highest BCUT2D eigenvalue weighted by molar-refractivity contribution is 6.42. The molecule has 0 spiro atoms. The van der Waals surface area contributed by atoms with Gasteiger partial charge in [-0.15, -0.1) is 0 Å². The summed E-state index contributed by atoms with van der Waals surface area (Å²) in [5, 5.41) is 6.52. The Morgan fingerprint density at radius 2 is 1.71 bits per heavy atom. The second kappa shape index (κ2) is 9.92. The molecule has 0 saturated carbocycles. The predicted octanol–water partition coefficient (Wildman–Crippen LogP) is 4.19. The van der Waals surface area contributed by atoms with Crippen molar-refractivity contribution >= 4 is 40.7 Å². The van der Waals surface area contributed by atoms with Crippen LogP contribution >= 0.6 is 23.2 Å². The number of hydrogen-bond donors (Lipinski definition) is 2. The molecule has 1 atom stereocenters. The van der Waals surface area contributed by atoms with E-state index in [0.717, 1.165) is 22.4 Å². The molecule has 2 aromatic rings. The Bertz CT molecular complexity index is 850. The van der Waals surface area contributed by atoms with Gasteiger partial charge in [-0.25, -0.2) is 0 Å². The summed E-state index contributed by atoms with van der Waals surface area (Å²) in [6.45, 7) is 6.09. The maximum absolute atomic E-state index is 12.4. The van der Waals surface area contributed by atoms with E-state index in [-0.39, 0.29) is 18.4 Å². The standard InChI is InChI=1S/C21H25Cl2N3O2/c1-13-6-5-7-14(2)20(13)25-19(27)11-24-21(28)15(3)26(4)12-16-8-9-17(22)18(23)10-16/h5-10,15H,11-12H2,1-4H3,(H,24,28)(H,25,27)/t15-/m1/s1. The SMILES string of the molecule is Cc1cccc(C)c1NC(=O)CNC(=O)[C@@H](C)N(C)Cc1ccc(Cl)c(Cl)c1. The molecule has 7 heteroatoms. The van der Waals surface area contributed by atoms with E-state index >= 15 is 0 Å². The first-order chi connectivity index (χ1) is 13.2. The van der Waals surface area contributed by atoms with Crippen LogP contribution in [-0.4, -0.2) is 36.3 Å². The summed E-state index contributed by atoms with van der Waals surface area (Å²) < 4.78 is 0. The highest BCUT2D eigenvalue weighted by atomic mass is 35.5. The number of halogens is 2. The maximum Gasteiger partial charge on any atom is 0.243 e. The van der Waals surface area contributed by atoms with Crippen molar-refractivity contribution in [3.05, 3.63) is 63.1 Å². The van der Waals surface area contributed by atoms with Gasteiger partial charge in [-0.1, -0.05) is 47.5 Å². The van der Waals surface area contributed by atoms with Crippen LogP contribution in [0.25, 0.3) is 0 Å². The molecule has 0 unspecified atom stereocenters. The van der Waals surface area contributed by atoms with E-state index in [4.69, 9.17) is 23.2 Å². The zero-order valence-electron chi connectivity index (χ0n) is 16.5. The molecule has 5 nitrogen and oxygen atoms in total. The lowest BCUT2D eigenvalue weighted by Crippen LogP contribution is -2.45. The summed E-state index contributed by atoms with van der Waals surface area (Å²) in [7, 11) is 1.84. The fourth-order valence-electron chi connectivity index (χ4n) is 2.77. The van der Waals surface area contributed by atoms with Gasteiger partial charge in [0, 0.05) is 12.2 Å². The van der Waals surface area contributed by atoms with Crippen LogP contribution in [0.3, 0.4) is 0 Å². The van der Waals surface area contributed by atoms with E-state index in [1.807, 2.05) is 50.1 Å². The van der Waals surface area contributed by atoms with Crippen LogP contribution in [0.15, 0.2) is 36.4 Å². The third-order valence-corrected chi connectivity index (χ3v) is 5.36. The van der Waals surface area contributed by atoms with Gasteiger partial charge in [0.15, 0.2) is 0 Å². The van der Waals surface area contributed by atoms with Gasteiger partial charge in [0.25, 0.3) is 0 Å². The van der Waals surface area contributed by atoms with E-state index < -0.39 is 6.04 Å². The van der Waals surface area contributed by atoms with Crippen molar-refractivity contribution in [3.63, 3.8) is 0 Å². The largest absolute Gasteiger partial charge is 0.346 e. The number of aryl methyl sites for hydroxylation is 2. The second-order valence-corrected chi connectivity index (χ2v) is 7.69. The summed E-state index contributed by atoms with van der Waals surface area (Å²) in [4.78, 5) is 26.5. The van der Waals surface area contributed by atoms with Crippen molar-refractivity contribution in [2.75, 3.05) is 18.9 Å². The highest BCUT2D eigenvalue weighted by Gasteiger charge is 2.19. The Kier molecular flexibility index (Phi) is 7.87. The minimum absolute atomic E-state index is 0.0858. The molecule has 0 saturated heterocycles. The average Bonchev–Trinajstić information content (AvgIpc) is 2.65. The monoisotopic (exact) mass is 421 g/mol. The van der Waals surface area contributed by atoms with Crippen LogP contribution in [0.4, 0.5) is 5.69 Å². The number of carbonyl (C=O) groups is 2. The van der Waals surface area contributed by atoms with Crippen molar-refractivity contribution < 1.29 is 9.59 Å². The number of anilines is 1. The molecule has 2 N–H and O–H groups in total. The van der Waals surface area contributed by atoms with E-state index in [9.17, 15) is 9.59 Å². The van der Waals surface area contributed by atoms with Crippen molar-refractivity contribution in [2.45, 2.75) is 33.4 Å². The number of amides is 2. The molecule has 0 aliphatic carbocycles. The van der Waals surface area contributed by atoms with Crippen molar-refractivity contribution in [1.29, 1.82) is 0 Å². The predicted molar refractivity (Wildman–Crippen MR) is 115 cm³/mol. The molecule has 28 heavy (non-hydrogen) atoms. The Morgan fingerprint density at radius 1 is 1.07 bits per heavy atom. The van der Waals surface area contributed by atoms with Gasteiger partial charge in [0.05, 0.1) is 22.6 Å². The molecule has 2 aromatic carbocycles. The van der Waals surface area contributed by atoms with Gasteiger partial charge in [-0.05, 0) is 56.6 Å². The zero-order chi connectivity index (χ0) is 20.8. The van der Waals surface area contributed by atoms with Crippen molar-refractivity contribution in [3.8, 4) is 0 Å². The highest BCUT2D eigenvalue weighted by Crippen LogP contribution is 2.23. The van der Waals surface area contributed by atoms with Crippen LogP contribution in [0.5, 0.6) is 0 Å². The van der Waals surface area contributed by atoms with Gasteiger partial charge in [0.1, 0.15) is 0 Å². The lowest BCUT2D eigenvalue weighted by molar-refractivity contribution is -0.127. The van der Waals surface area contributed by atoms with Crippen molar-refractivity contribution in [1.82, 2.24) is 10.2 Å². The van der Waals surface area contributed by atoms with Crippen molar-refractivity contribution in [2.24, 2.45) is 0 Å². The van der Waals surface area contributed by atoms with Crippen LogP contribution in [0.1, 0.15) is 23.6 Å². The Hall–Kier alpha value is -2.08. The third-order valence-electron chi connectivity index (χ3n) is 4.63. The molecule has 0 heterocycles. The number of nitrogens with zero attached hydrogens (tertiary/aromatic N) is 1. The minimum atomic E-state index is -0.414. The number of hydrogen-bond acceptors (Lipinski definition) is 3. The van der Waals surface area contributed by atoms with Gasteiger partial charge < -0.3 is 10.6 Å².